The van der Waals surface area contributed by atoms with E-state index < -0.39 is 6.10 Å². The minimum absolute atomic E-state index is 0.0117. The van der Waals surface area contributed by atoms with E-state index in [0.29, 0.717) is 44.6 Å². The fourth-order valence-corrected chi connectivity index (χ4v) is 4.96. The van der Waals surface area contributed by atoms with Crippen LogP contribution < -0.4 is 0 Å². The molecule has 1 aliphatic rings. The summed E-state index contributed by atoms with van der Waals surface area (Å²) in [5, 5.41) is 0. The second-order valence-electron chi connectivity index (χ2n) is 9.82. The molecule has 4 aromatic rings. The molecule has 1 heterocycles. The summed E-state index contributed by atoms with van der Waals surface area (Å²) in [4.78, 5) is 13.9. The Morgan fingerprint density at radius 2 is 1.26 bits per heavy atom. The van der Waals surface area contributed by atoms with Crippen molar-refractivity contribution in [3.8, 4) is 0 Å². The van der Waals surface area contributed by atoms with Crippen LogP contribution in [0.4, 0.5) is 0 Å². The van der Waals surface area contributed by atoms with E-state index >= 15 is 0 Å². The zero-order chi connectivity index (χ0) is 26.0. The zero-order valence-electron chi connectivity index (χ0n) is 21.6. The van der Waals surface area contributed by atoms with E-state index in [1.54, 1.807) is 0 Å². The molecule has 0 aliphatic carbocycles. The second kappa shape index (κ2) is 13.3. The van der Waals surface area contributed by atoms with E-state index in [1.807, 2.05) is 91.0 Å². The van der Waals surface area contributed by atoms with Gasteiger partial charge < -0.3 is 14.2 Å². The van der Waals surface area contributed by atoms with E-state index in [1.165, 1.54) is 5.56 Å². The van der Waals surface area contributed by atoms with Gasteiger partial charge in [0.1, 0.15) is 6.10 Å². The lowest BCUT2D eigenvalue weighted by atomic mass is 9.91. The number of Topliss-reactive ketones (excluding diaryl/α,β-unsaturated/α-hetero) is 1. The highest BCUT2D eigenvalue weighted by Crippen LogP contribution is 2.28. The van der Waals surface area contributed by atoms with Crippen molar-refractivity contribution >= 4 is 5.78 Å². The molecule has 4 nitrogen and oxygen atoms in total. The monoisotopic (exact) mass is 506 g/mol. The zero-order valence-corrected chi connectivity index (χ0v) is 21.6. The van der Waals surface area contributed by atoms with Gasteiger partial charge in [0.05, 0.1) is 32.0 Å². The van der Waals surface area contributed by atoms with Gasteiger partial charge in [0.15, 0.2) is 5.78 Å². The van der Waals surface area contributed by atoms with Crippen molar-refractivity contribution in [2.24, 2.45) is 0 Å². The summed E-state index contributed by atoms with van der Waals surface area (Å²) in [7, 11) is 0. The summed E-state index contributed by atoms with van der Waals surface area (Å²) in [5.74, 6) is 0.0117. The third-order valence-electron chi connectivity index (χ3n) is 6.92. The molecule has 38 heavy (non-hydrogen) atoms. The highest BCUT2D eigenvalue weighted by Gasteiger charge is 2.35. The van der Waals surface area contributed by atoms with Crippen molar-refractivity contribution in [3.05, 3.63) is 143 Å². The molecule has 3 atom stereocenters. The molecule has 0 N–H and O–H groups in total. The molecule has 5 rings (SSSR count). The van der Waals surface area contributed by atoms with E-state index in [2.05, 4.69) is 24.3 Å². The van der Waals surface area contributed by atoms with Crippen LogP contribution in [0, 0.1) is 0 Å². The lowest BCUT2D eigenvalue weighted by molar-refractivity contribution is -0.127. The lowest BCUT2D eigenvalue weighted by Gasteiger charge is -2.35. The topological polar surface area (TPSA) is 44.8 Å². The summed E-state index contributed by atoms with van der Waals surface area (Å²) in [6.45, 7) is 1.43. The van der Waals surface area contributed by atoms with Crippen molar-refractivity contribution in [1.82, 2.24) is 0 Å². The SMILES string of the molecule is O=C(c1ccccc1Cc1ccccc1)[C@H]1C[C@@H](OCc2ccccc2)CC(COCc2ccccc2)O1. The van der Waals surface area contributed by atoms with Gasteiger partial charge in [-0.1, -0.05) is 115 Å². The van der Waals surface area contributed by atoms with Crippen molar-refractivity contribution in [1.29, 1.82) is 0 Å². The smallest absolute Gasteiger partial charge is 0.191 e. The number of carbonyl (C=O) groups is 1. The number of ketones is 1. The Morgan fingerprint density at radius 3 is 1.95 bits per heavy atom. The molecule has 4 aromatic carbocycles. The first kappa shape index (κ1) is 26.1. The minimum Gasteiger partial charge on any atom is -0.374 e. The van der Waals surface area contributed by atoms with Gasteiger partial charge in [0.25, 0.3) is 0 Å². The van der Waals surface area contributed by atoms with Crippen molar-refractivity contribution in [2.45, 2.75) is 50.8 Å². The van der Waals surface area contributed by atoms with E-state index in [4.69, 9.17) is 14.2 Å². The summed E-state index contributed by atoms with van der Waals surface area (Å²) in [6.07, 6.45) is 1.03. The average Bonchev–Trinajstić information content (AvgIpc) is 2.98. The molecule has 0 spiro atoms. The lowest BCUT2D eigenvalue weighted by Crippen LogP contribution is -2.43. The average molecular weight is 507 g/mol. The maximum atomic E-state index is 13.9. The Morgan fingerprint density at radius 1 is 0.684 bits per heavy atom. The molecule has 0 amide bonds. The number of benzene rings is 4. The van der Waals surface area contributed by atoms with Crippen LogP contribution in [-0.2, 0) is 33.8 Å². The second-order valence-corrected chi connectivity index (χ2v) is 9.82. The van der Waals surface area contributed by atoms with E-state index in [0.717, 1.165) is 16.7 Å². The highest BCUT2D eigenvalue weighted by atomic mass is 16.5. The highest BCUT2D eigenvalue weighted by molar-refractivity contribution is 6.01. The fraction of sp³-hybridized carbons (Fsp3) is 0.265. The number of carbonyl (C=O) groups excluding carboxylic acids is 1. The number of hydrogen-bond donors (Lipinski definition) is 0. The van der Waals surface area contributed by atoms with Crippen molar-refractivity contribution in [3.63, 3.8) is 0 Å². The Kier molecular flexibility index (Phi) is 9.11. The molecule has 194 valence electrons. The van der Waals surface area contributed by atoms with Crippen LogP contribution >= 0.6 is 0 Å². The van der Waals surface area contributed by atoms with E-state index in [-0.39, 0.29) is 18.0 Å². The number of ether oxygens (including phenoxy) is 3. The van der Waals surface area contributed by atoms with Gasteiger partial charge in [0, 0.05) is 18.4 Å². The summed E-state index contributed by atoms with van der Waals surface area (Å²) in [5.41, 5.74) is 5.13. The molecular formula is C34H34O4. The first-order valence-corrected chi connectivity index (χ1v) is 13.3. The van der Waals surface area contributed by atoms with Gasteiger partial charge in [-0.3, -0.25) is 4.79 Å². The van der Waals surface area contributed by atoms with Crippen molar-refractivity contribution < 1.29 is 19.0 Å². The first-order valence-electron chi connectivity index (χ1n) is 13.3. The Hall–Kier alpha value is -3.57. The van der Waals surface area contributed by atoms with Crippen LogP contribution in [0.5, 0.6) is 0 Å². The predicted octanol–water partition coefficient (Wildman–Crippen LogP) is 6.81. The summed E-state index contributed by atoms with van der Waals surface area (Å²) in [6, 6.07) is 38.3. The maximum Gasteiger partial charge on any atom is 0.191 e. The minimum atomic E-state index is -0.577. The molecule has 0 radical (unpaired) electrons. The molecular weight excluding hydrogens is 472 g/mol. The van der Waals surface area contributed by atoms with Crippen molar-refractivity contribution in [2.75, 3.05) is 6.61 Å². The van der Waals surface area contributed by atoms with Crippen LogP contribution in [0.15, 0.2) is 115 Å². The van der Waals surface area contributed by atoms with E-state index in [9.17, 15) is 4.79 Å². The third-order valence-corrected chi connectivity index (χ3v) is 6.92. The Balaban J connectivity index is 1.29. The summed E-state index contributed by atoms with van der Waals surface area (Å²) < 4.78 is 18.7. The van der Waals surface area contributed by atoms with Gasteiger partial charge >= 0.3 is 0 Å². The quantitative estimate of drug-likeness (QED) is 0.210. The van der Waals surface area contributed by atoms with Gasteiger partial charge in [-0.15, -0.1) is 0 Å². The van der Waals surface area contributed by atoms with Gasteiger partial charge in [-0.25, -0.2) is 0 Å². The van der Waals surface area contributed by atoms with Crippen LogP contribution in [0.3, 0.4) is 0 Å². The first-order chi connectivity index (χ1) is 18.7. The molecule has 4 heteroatoms. The predicted molar refractivity (Wildman–Crippen MR) is 149 cm³/mol. The standard InChI is InChI=1S/C34H34O4/c35-34(32-19-11-10-18-29(32)20-26-12-4-1-5-13-26)33-22-30(37-24-28-16-8-3-9-17-28)21-31(38-33)25-36-23-27-14-6-2-7-15-27/h1-19,30-31,33H,20-25H2/t30-,31?,33+/m0/s1. The van der Waals surface area contributed by atoms with Gasteiger partial charge in [-0.05, 0) is 28.7 Å². The van der Waals surface area contributed by atoms with Crippen LogP contribution in [0.1, 0.15) is 45.5 Å². The van der Waals surface area contributed by atoms with Gasteiger partial charge in [-0.2, -0.15) is 0 Å². The van der Waals surface area contributed by atoms with Crippen LogP contribution in [-0.4, -0.2) is 30.7 Å². The molecule has 0 aromatic heterocycles. The number of rotatable bonds is 11. The normalized spacial score (nSPS) is 19.2. The van der Waals surface area contributed by atoms with Crippen LogP contribution in [0.25, 0.3) is 0 Å². The Labute approximate surface area is 225 Å². The molecule has 1 fully saturated rings. The molecule has 1 saturated heterocycles. The van der Waals surface area contributed by atoms with Gasteiger partial charge in [0.2, 0.25) is 0 Å². The molecule has 0 saturated carbocycles. The van der Waals surface area contributed by atoms with Crippen LogP contribution in [0.2, 0.25) is 0 Å². The fourth-order valence-electron chi connectivity index (χ4n) is 4.96. The number of hydrogen-bond acceptors (Lipinski definition) is 4. The third kappa shape index (κ3) is 7.26. The largest absolute Gasteiger partial charge is 0.374 e. The summed E-state index contributed by atoms with van der Waals surface area (Å²) >= 11 is 0. The Bertz CT molecular complexity index is 1270. The molecule has 1 aliphatic heterocycles. The molecule has 0 bridgehead atoms. The maximum absolute atomic E-state index is 13.9. The molecule has 1 unspecified atom stereocenters.